The van der Waals surface area contributed by atoms with Crippen LogP contribution in [-0.4, -0.2) is 50.1 Å². The van der Waals surface area contributed by atoms with Gasteiger partial charge in [0.05, 0.1) is 13.2 Å². The second-order valence-corrected chi connectivity index (χ2v) is 4.45. The number of nitrogens with two attached hydrogens (primary N) is 1. The first-order chi connectivity index (χ1) is 8.76. The van der Waals surface area contributed by atoms with Gasteiger partial charge < -0.3 is 20.1 Å². The van der Waals surface area contributed by atoms with Crippen molar-refractivity contribution in [2.75, 3.05) is 39.4 Å². The Bertz CT molecular complexity index is 173. The lowest BCUT2D eigenvalue weighted by Gasteiger charge is -2.37. The van der Waals surface area contributed by atoms with Crippen molar-refractivity contribution in [3.63, 3.8) is 0 Å². The van der Waals surface area contributed by atoms with E-state index in [0.717, 1.165) is 52.2 Å². The molecule has 1 spiro atoms. The van der Waals surface area contributed by atoms with Crippen LogP contribution in [0.3, 0.4) is 0 Å². The molecule has 2 fully saturated rings. The Balaban J connectivity index is 0.000000509. The minimum Gasteiger partial charge on any atom is -0.347 e. The second kappa shape index (κ2) is 10.7. The van der Waals surface area contributed by atoms with Gasteiger partial charge in [0, 0.05) is 39.0 Å². The molecule has 0 saturated carbocycles. The van der Waals surface area contributed by atoms with Gasteiger partial charge in [-0.2, -0.15) is 0 Å². The van der Waals surface area contributed by atoms with Crippen LogP contribution >= 0.6 is 0 Å². The fourth-order valence-corrected chi connectivity index (χ4v) is 2.09. The Labute approximate surface area is 113 Å². The van der Waals surface area contributed by atoms with Gasteiger partial charge in [-0.1, -0.05) is 34.1 Å². The summed E-state index contributed by atoms with van der Waals surface area (Å²) in [5.74, 6) is -0.231. The zero-order chi connectivity index (χ0) is 13.9. The van der Waals surface area contributed by atoms with E-state index in [2.05, 4.69) is 18.7 Å². The van der Waals surface area contributed by atoms with Crippen LogP contribution in [0.1, 0.15) is 47.0 Å². The van der Waals surface area contributed by atoms with E-state index < -0.39 is 0 Å². The summed E-state index contributed by atoms with van der Waals surface area (Å²) in [6.07, 6.45) is 3.24. The second-order valence-electron chi connectivity index (χ2n) is 4.45. The summed E-state index contributed by atoms with van der Waals surface area (Å²) in [4.78, 5) is 2.37. The number of rotatable bonds is 2. The molecule has 0 radical (unpaired) electrons. The van der Waals surface area contributed by atoms with E-state index in [1.807, 2.05) is 13.8 Å². The maximum Gasteiger partial charge on any atom is 0.170 e. The molecule has 18 heavy (non-hydrogen) atoms. The van der Waals surface area contributed by atoms with Crippen LogP contribution in [0.25, 0.3) is 0 Å². The van der Waals surface area contributed by atoms with Crippen molar-refractivity contribution in [1.29, 1.82) is 0 Å². The van der Waals surface area contributed by atoms with Crippen LogP contribution in [-0.2, 0) is 9.47 Å². The van der Waals surface area contributed by atoms with Crippen molar-refractivity contribution in [2.24, 2.45) is 5.73 Å². The maximum atomic E-state index is 5.63. The average Bonchev–Trinajstić information content (AvgIpc) is 2.85. The van der Waals surface area contributed by atoms with Gasteiger partial charge in [0.1, 0.15) is 0 Å². The molecule has 0 bridgehead atoms. The summed E-state index contributed by atoms with van der Waals surface area (Å²) in [6.45, 7) is 13.6. The predicted octanol–water partition coefficient (Wildman–Crippen LogP) is 2.23. The number of ether oxygens (including phenoxy) is 2. The summed E-state index contributed by atoms with van der Waals surface area (Å²) in [5.41, 5.74) is 5.50. The van der Waals surface area contributed by atoms with Crippen molar-refractivity contribution < 1.29 is 9.47 Å². The van der Waals surface area contributed by atoms with Crippen molar-refractivity contribution >= 4 is 0 Å². The number of hydrogen-bond acceptors (Lipinski definition) is 4. The molecule has 0 unspecified atom stereocenters. The zero-order valence-electron chi connectivity index (χ0n) is 12.7. The van der Waals surface area contributed by atoms with Gasteiger partial charge in [-0.15, -0.1) is 0 Å². The minimum absolute atomic E-state index is 0.231. The largest absolute Gasteiger partial charge is 0.347 e. The van der Waals surface area contributed by atoms with Crippen molar-refractivity contribution in [3.8, 4) is 0 Å². The Hall–Kier alpha value is -0.160. The summed E-state index contributed by atoms with van der Waals surface area (Å²) in [7, 11) is 0. The van der Waals surface area contributed by atoms with Crippen LogP contribution in [0.2, 0.25) is 0 Å². The van der Waals surface area contributed by atoms with Crippen LogP contribution in [0.15, 0.2) is 0 Å². The molecule has 2 aliphatic rings. The van der Waals surface area contributed by atoms with Crippen LogP contribution in [0, 0.1) is 0 Å². The highest BCUT2D eigenvalue weighted by molar-refractivity contribution is 4.82. The lowest BCUT2D eigenvalue weighted by Crippen LogP contribution is -2.46. The molecule has 0 aromatic heterocycles. The molecule has 2 rings (SSSR count). The van der Waals surface area contributed by atoms with Crippen molar-refractivity contribution in [1.82, 2.24) is 4.90 Å². The summed E-state index contributed by atoms with van der Waals surface area (Å²) < 4.78 is 11.3. The van der Waals surface area contributed by atoms with E-state index in [0.29, 0.717) is 0 Å². The molecule has 0 amide bonds. The highest BCUT2D eigenvalue weighted by Crippen LogP contribution is 2.30. The maximum absolute atomic E-state index is 5.63. The van der Waals surface area contributed by atoms with Gasteiger partial charge in [0.15, 0.2) is 5.79 Å². The number of nitrogens with zero attached hydrogens (tertiary/aromatic N) is 1. The summed E-state index contributed by atoms with van der Waals surface area (Å²) >= 11 is 0. The fraction of sp³-hybridized carbons (Fsp3) is 1.00. The van der Waals surface area contributed by atoms with E-state index in [4.69, 9.17) is 15.2 Å². The molecule has 4 nitrogen and oxygen atoms in total. The molecule has 2 aliphatic heterocycles. The number of piperidine rings is 1. The molecule has 2 N–H and O–H groups in total. The molecule has 110 valence electrons. The number of hydrogen-bond donors (Lipinski definition) is 1. The molecular weight excluding hydrogens is 228 g/mol. The van der Waals surface area contributed by atoms with Gasteiger partial charge in [0.2, 0.25) is 0 Å². The van der Waals surface area contributed by atoms with E-state index >= 15 is 0 Å². The third kappa shape index (κ3) is 6.14. The van der Waals surface area contributed by atoms with E-state index in [9.17, 15) is 0 Å². The molecular formula is C14H32N2O2. The predicted molar refractivity (Wildman–Crippen MR) is 76.7 cm³/mol. The highest BCUT2D eigenvalue weighted by atomic mass is 16.7. The van der Waals surface area contributed by atoms with Crippen LogP contribution in [0.5, 0.6) is 0 Å². The molecule has 2 saturated heterocycles. The standard InChI is InChI=1S/C9H18N2O2.C3H8.C2H6/c10-3-6-11-4-1-9(2-5-11)12-7-8-13-9;1-3-2;1-2/h1-8,10H2;3H2,1-2H3;1-2H3. The van der Waals surface area contributed by atoms with Gasteiger partial charge in [-0.3, -0.25) is 0 Å². The Kier molecular flexibility index (Phi) is 10.6. The first-order valence-corrected chi connectivity index (χ1v) is 7.46. The average molecular weight is 260 g/mol. The van der Waals surface area contributed by atoms with Gasteiger partial charge >= 0.3 is 0 Å². The quantitative estimate of drug-likeness (QED) is 0.827. The Morgan fingerprint density at radius 1 is 1.06 bits per heavy atom. The fourth-order valence-electron chi connectivity index (χ4n) is 2.09. The first-order valence-electron chi connectivity index (χ1n) is 7.46. The molecule has 0 aromatic carbocycles. The van der Waals surface area contributed by atoms with E-state index in [1.165, 1.54) is 6.42 Å². The van der Waals surface area contributed by atoms with Crippen molar-refractivity contribution in [3.05, 3.63) is 0 Å². The lowest BCUT2D eigenvalue weighted by molar-refractivity contribution is -0.184. The number of likely N-dealkylation sites (tertiary alicyclic amines) is 1. The van der Waals surface area contributed by atoms with E-state index in [-0.39, 0.29) is 5.79 Å². The van der Waals surface area contributed by atoms with Gasteiger partial charge in [0.25, 0.3) is 0 Å². The zero-order valence-corrected chi connectivity index (χ0v) is 12.7. The molecule has 2 heterocycles. The third-order valence-corrected chi connectivity index (χ3v) is 2.88. The first kappa shape index (κ1) is 17.8. The lowest BCUT2D eigenvalue weighted by atomic mass is 10.0. The Morgan fingerprint density at radius 2 is 1.50 bits per heavy atom. The monoisotopic (exact) mass is 260 g/mol. The van der Waals surface area contributed by atoms with E-state index in [1.54, 1.807) is 0 Å². The molecule has 0 atom stereocenters. The minimum atomic E-state index is -0.231. The normalized spacial score (nSPS) is 21.8. The molecule has 0 aliphatic carbocycles. The highest BCUT2D eigenvalue weighted by Gasteiger charge is 2.39. The third-order valence-electron chi connectivity index (χ3n) is 2.88. The summed E-state index contributed by atoms with van der Waals surface area (Å²) in [6, 6.07) is 0. The van der Waals surface area contributed by atoms with Crippen LogP contribution < -0.4 is 5.73 Å². The van der Waals surface area contributed by atoms with Gasteiger partial charge in [-0.25, -0.2) is 0 Å². The van der Waals surface area contributed by atoms with Crippen molar-refractivity contribution in [2.45, 2.75) is 52.7 Å². The van der Waals surface area contributed by atoms with Gasteiger partial charge in [-0.05, 0) is 0 Å². The SMILES string of the molecule is CC.CCC.NCCN1CCC2(CC1)OCCO2. The smallest absolute Gasteiger partial charge is 0.170 e. The van der Waals surface area contributed by atoms with Crippen LogP contribution in [0.4, 0.5) is 0 Å². The topological polar surface area (TPSA) is 47.7 Å². The Morgan fingerprint density at radius 3 is 1.89 bits per heavy atom. The molecule has 0 aromatic rings. The molecule has 4 heteroatoms. The summed E-state index contributed by atoms with van der Waals surface area (Å²) in [5, 5.41) is 0.